The van der Waals surface area contributed by atoms with Crippen molar-refractivity contribution in [2.24, 2.45) is 0 Å². The first kappa shape index (κ1) is 15.9. The molecule has 0 aliphatic carbocycles. The highest BCUT2D eigenvalue weighted by Gasteiger charge is 2.20. The number of carbonyl (C=O) groups excluding carboxylic acids is 1. The van der Waals surface area contributed by atoms with Crippen molar-refractivity contribution in [3.05, 3.63) is 76.1 Å². The number of aromatic nitrogens is 2. The molecular weight excluding hydrogens is 302 g/mol. The summed E-state index contributed by atoms with van der Waals surface area (Å²) in [6.45, 7) is 2.95. The molecule has 1 heterocycles. The van der Waals surface area contributed by atoms with E-state index in [2.05, 4.69) is 5.10 Å². The first-order valence-electron chi connectivity index (χ1n) is 7.91. The summed E-state index contributed by atoms with van der Waals surface area (Å²) in [5, 5.41) is 4.81. The van der Waals surface area contributed by atoms with Gasteiger partial charge in [0.25, 0.3) is 5.91 Å². The van der Waals surface area contributed by atoms with Crippen LogP contribution in [0.2, 0.25) is 0 Å². The standard InChI is InChI=1S/C19H19N3O2/c1-3-22-16-12-8-7-11-15(16)18(23)17(20-22)19(24)21(2)13-14-9-5-4-6-10-14/h4-12H,3,13H2,1-2H3. The van der Waals surface area contributed by atoms with E-state index in [9.17, 15) is 9.59 Å². The highest BCUT2D eigenvalue weighted by Crippen LogP contribution is 2.11. The monoisotopic (exact) mass is 321 g/mol. The average molecular weight is 321 g/mol. The van der Waals surface area contributed by atoms with Gasteiger partial charge in [0.05, 0.1) is 5.52 Å². The van der Waals surface area contributed by atoms with Crippen molar-refractivity contribution >= 4 is 16.8 Å². The Morgan fingerprint density at radius 2 is 1.75 bits per heavy atom. The van der Waals surface area contributed by atoms with E-state index in [-0.39, 0.29) is 17.0 Å². The number of hydrogen-bond acceptors (Lipinski definition) is 3. The molecule has 0 bridgehead atoms. The van der Waals surface area contributed by atoms with Gasteiger partial charge in [-0.25, -0.2) is 0 Å². The maximum absolute atomic E-state index is 12.7. The number of fused-ring (bicyclic) bond motifs is 1. The topological polar surface area (TPSA) is 55.2 Å². The number of rotatable bonds is 4. The fourth-order valence-electron chi connectivity index (χ4n) is 2.73. The van der Waals surface area contributed by atoms with Crippen LogP contribution in [0.5, 0.6) is 0 Å². The van der Waals surface area contributed by atoms with Crippen LogP contribution in [-0.4, -0.2) is 27.6 Å². The number of para-hydroxylation sites is 1. The zero-order valence-electron chi connectivity index (χ0n) is 13.8. The second-order valence-electron chi connectivity index (χ2n) is 5.66. The van der Waals surface area contributed by atoms with E-state index >= 15 is 0 Å². The molecule has 0 aliphatic rings. The average Bonchev–Trinajstić information content (AvgIpc) is 2.62. The molecule has 122 valence electrons. The van der Waals surface area contributed by atoms with Crippen LogP contribution >= 0.6 is 0 Å². The van der Waals surface area contributed by atoms with E-state index in [1.807, 2.05) is 49.4 Å². The Balaban J connectivity index is 2.00. The Labute approximate surface area is 140 Å². The van der Waals surface area contributed by atoms with Gasteiger partial charge in [0.1, 0.15) is 0 Å². The minimum Gasteiger partial charge on any atom is -0.336 e. The van der Waals surface area contributed by atoms with Crippen molar-refractivity contribution in [3.63, 3.8) is 0 Å². The van der Waals surface area contributed by atoms with E-state index in [4.69, 9.17) is 0 Å². The smallest absolute Gasteiger partial charge is 0.278 e. The predicted octanol–water partition coefficient (Wildman–Crippen LogP) is 2.69. The first-order valence-corrected chi connectivity index (χ1v) is 7.91. The number of benzene rings is 2. The van der Waals surface area contributed by atoms with Gasteiger partial charge in [-0.3, -0.25) is 14.3 Å². The van der Waals surface area contributed by atoms with Crippen molar-refractivity contribution in [3.8, 4) is 0 Å². The van der Waals surface area contributed by atoms with Crippen LogP contribution in [0.4, 0.5) is 0 Å². The highest BCUT2D eigenvalue weighted by molar-refractivity contribution is 5.95. The Morgan fingerprint density at radius 1 is 1.08 bits per heavy atom. The quantitative estimate of drug-likeness (QED) is 0.742. The Hall–Kier alpha value is -2.95. The van der Waals surface area contributed by atoms with Crippen LogP contribution < -0.4 is 5.43 Å². The van der Waals surface area contributed by atoms with Crippen LogP contribution in [0.15, 0.2) is 59.4 Å². The molecule has 0 saturated heterocycles. The van der Waals surface area contributed by atoms with Gasteiger partial charge < -0.3 is 4.90 Å². The van der Waals surface area contributed by atoms with Gasteiger partial charge in [0.2, 0.25) is 5.43 Å². The molecule has 5 nitrogen and oxygen atoms in total. The summed E-state index contributed by atoms with van der Waals surface area (Å²) in [6.07, 6.45) is 0. The first-order chi connectivity index (χ1) is 11.6. The number of hydrogen-bond donors (Lipinski definition) is 0. The lowest BCUT2D eigenvalue weighted by Crippen LogP contribution is -2.33. The van der Waals surface area contributed by atoms with Gasteiger partial charge in [-0.15, -0.1) is 0 Å². The number of amides is 1. The summed E-state index contributed by atoms with van der Waals surface area (Å²) in [5.74, 6) is -0.364. The van der Waals surface area contributed by atoms with Gasteiger partial charge in [0.15, 0.2) is 5.69 Å². The van der Waals surface area contributed by atoms with Gasteiger partial charge >= 0.3 is 0 Å². The molecule has 0 radical (unpaired) electrons. The lowest BCUT2D eigenvalue weighted by Gasteiger charge is -2.17. The molecule has 0 aliphatic heterocycles. The summed E-state index contributed by atoms with van der Waals surface area (Å²) in [7, 11) is 1.68. The predicted molar refractivity (Wildman–Crippen MR) is 93.9 cm³/mol. The van der Waals surface area contributed by atoms with E-state index < -0.39 is 0 Å². The molecule has 0 N–H and O–H groups in total. The van der Waals surface area contributed by atoms with Crippen molar-refractivity contribution in [2.75, 3.05) is 7.05 Å². The Morgan fingerprint density at radius 3 is 2.46 bits per heavy atom. The molecule has 24 heavy (non-hydrogen) atoms. The third-order valence-corrected chi connectivity index (χ3v) is 3.97. The van der Waals surface area contributed by atoms with Crippen LogP contribution in [-0.2, 0) is 13.1 Å². The van der Waals surface area contributed by atoms with Crippen LogP contribution in [0, 0.1) is 0 Å². The van der Waals surface area contributed by atoms with E-state index in [1.54, 1.807) is 23.9 Å². The van der Waals surface area contributed by atoms with Gasteiger partial charge in [-0.2, -0.15) is 5.10 Å². The SMILES string of the molecule is CCn1nc(C(=O)N(C)Cc2ccccc2)c(=O)c2ccccc21. The molecule has 0 atom stereocenters. The maximum Gasteiger partial charge on any atom is 0.278 e. The van der Waals surface area contributed by atoms with Crippen molar-refractivity contribution in [2.45, 2.75) is 20.0 Å². The number of nitrogens with zero attached hydrogens (tertiary/aromatic N) is 3. The molecule has 0 unspecified atom stereocenters. The van der Waals surface area contributed by atoms with E-state index in [0.29, 0.717) is 18.5 Å². The van der Waals surface area contributed by atoms with E-state index in [1.165, 1.54) is 4.90 Å². The third-order valence-electron chi connectivity index (χ3n) is 3.97. The zero-order valence-corrected chi connectivity index (χ0v) is 13.8. The molecular formula is C19H19N3O2. The molecule has 1 aromatic heterocycles. The summed E-state index contributed by atoms with van der Waals surface area (Å²) in [5.41, 5.74) is 1.39. The zero-order chi connectivity index (χ0) is 17.1. The maximum atomic E-state index is 12.7. The summed E-state index contributed by atoms with van der Waals surface area (Å²) in [6, 6.07) is 16.9. The van der Waals surface area contributed by atoms with Crippen LogP contribution in [0.1, 0.15) is 23.0 Å². The van der Waals surface area contributed by atoms with Gasteiger partial charge in [-0.05, 0) is 24.6 Å². The lowest BCUT2D eigenvalue weighted by molar-refractivity contribution is 0.0775. The molecule has 0 saturated carbocycles. The fraction of sp³-hybridized carbons (Fsp3) is 0.211. The second-order valence-corrected chi connectivity index (χ2v) is 5.66. The largest absolute Gasteiger partial charge is 0.336 e. The molecule has 1 amide bonds. The highest BCUT2D eigenvalue weighted by atomic mass is 16.2. The van der Waals surface area contributed by atoms with Crippen molar-refractivity contribution < 1.29 is 4.79 Å². The molecule has 3 aromatic rings. The third kappa shape index (κ3) is 2.93. The molecule has 3 rings (SSSR count). The summed E-state index contributed by atoms with van der Waals surface area (Å²) < 4.78 is 1.69. The number of aryl methyl sites for hydroxylation is 1. The minimum atomic E-state index is -0.364. The molecule has 2 aromatic carbocycles. The van der Waals surface area contributed by atoms with Crippen molar-refractivity contribution in [1.29, 1.82) is 0 Å². The summed E-state index contributed by atoms with van der Waals surface area (Å²) in [4.78, 5) is 26.9. The second kappa shape index (κ2) is 6.66. The van der Waals surface area contributed by atoms with Gasteiger partial charge in [0, 0.05) is 25.5 Å². The van der Waals surface area contributed by atoms with Crippen LogP contribution in [0.3, 0.4) is 0 Å². The number of carbonyl (C=O) groups is 1. The van der Waals surface area contributed by atoms with Crippen molar-refractivity contribution in [1.82, 2.24) is 14.7 Å². The fourth-order valence-corrected chi connectivity index (χ4v) is 2.73. The molecule has 0 fully saturated rings. The normalized spacial score (nSPS) is 10.8. The summed E-state index contributed by atoms with van der Waals surface area (Å²) >= 11 is 0. The van der Waals surface area contributed by atoms with Gasteiger partial charge in [-0.1, -0.05) is 42.5 Å². The minimum absolute atomic E-state index is 0.0334. The molecule has 0 spiro atoms. The Kier molecular flexibility index (Phi) is 4.42. The lowest BCUT2D eigenvalue weighted by atomic mass is 10.1. The molecule has 5 heteroatoms. The van der Waals surface area contributed by atoms with Crippen LogP contribution in [0.25, 0.3) is 10.9 Å². The van der Waals surface area contributed by atoms with E-state index in [0.717, 1.165) is 11.1 Å². The Bertz CT molecular complexity index is 932.